The summed E-state index contributed by atoms with van der Waals surface area (Å²) < 4.78 is 14.7. The van der Waals surface area contributed by atoms with Crippen LogP contribution in [0.2, 0.25) is 0 Å². The highest BCUT2D eigenvalue weighted by molar-refractivity contribution is 5.74. The third kappa shape index (κ3) is 4.36. The minimum absolute atomic E-state index is 0.0767. The van der Waals surface area contributed by atoms with Gasteiger partial charge in [0.25, 0.3) is 0 Å². The molecule has 2 N–H and O–H groups in total. The molecule has 1 aromatic heterocycles. The van der Waals surface area contributed by atoms with Gasteiger partial charge in [-0.1, -0.05) is 12.1 Å². The molecule has 134 valence electrons. The summed E-state index contributed by atoms with van der Waals surface area (Å²) in [5, 5.41) is 17.4. The second-order valence-corrected chi connectivity index (χ2v) is 6.50. The number of nitrogens with zero attached hydrogens (tertiary/aromatic N) is 3. The van der Waals surface area contributed by atoms with Crippen molar-refractivity contribution in [3.05, 3.63) is 53.6 Å². The second kappa shape index (κ2) is 7.65. The molecule has 0 aliphatic carbocycles. The van der Waals surface area contributed by atoms with Crippen LogP contribution >= 0.6 is 0 Å². The van der Waals surface area contributed by atoms with Crippen molar-refractivity contribution in [1.82, 2.24) is 20.0 Å². The van der Waals surface area contributed by atoms with E-state index in [4.69, 9.17) is 0 Å². The summed E-state index contributed by atoms with van der Waals surface area (Å²) in [5.74, 6) is -0.233. The zero-order valence-electron chi connectivity index (χ0n) is 14.2. The van der Waals surface area contributed by atoms with Crippen molar-refractivity contribution < 1.29 is 14.3 Å². The fraction of sp³-hybridized carbons (Fsp3) is 0.444. The zero-order valence-corrected chi connectivity index (χ0v) is 14.2. The van der Waals surface area contributed by atoms with E-state index in [0.29, 0.717) is 19.6 Å². The van der Waals surface area contributed by atoms with E-state index in [1.807, 2.05) is 13.2 Å². The molecule has 25 heavy (non-hydrogen) atoms. The van der Waals surface area contributed by atoms with Crippen LogP contribution in [0, 0.1) is 11.7 Å². The summed E-state index contributed by atoms with van der Waals surface area (Å²) in [7, 11) is 1.84. The van der Waals surface area contributed by atoms with Crippen LogP contribution in [-0.2, 0) is 13.6 Å². The largest absolute Gasteiger partial charge is 0.388 e. The van der Waals surface area contributed by atoms with Gasteiger partial charge in [-0.05, 0) is 36.5 Å². The Morgan fingerprint density at radius 2 is 2.04 bits per heavy atom. The number of aliphatic hydroxyl groups is 1. The molecule has 2 aromatic rings. The van der Waals surface area contributed by atoms with Gasteiger partial charge in [0.2, 0.25) is 0 Å². The Kier molecular flexibility index (Phi) is 5.33. The predicted octanol–water partition coefficient (Wildman–Crippen LogP) is 2.21. The third-order valence-electron chi connectivity index (χ3n) is 4.69. The third-order valence-corrected chi connectivity index (χ3v) is 4.69. The fourth-order valence-corrected chi connectivity index (χ4v) is 3.20. The number of hydrogen-bond donors (Lipinski definition) is 2. The Balaban J connectivity index is 1.47. The molecule has 1 aromatic carbocycles. The first-order valence-electron chi connectivity index (χ1n) is 8.47. The maximum Gasteiger partial charge on any atom is 0.317 e. The predicted molar refractivity (Wildman–Crippen MR) is 91.1 cm³/mol. The van der Waals surface area contributed by atoms with Crippen molar-refractivity contribution in [3.8, 4) is 0 Å². The number of aromatic nitrogens is 2. The molecule has 0 saturated carbocycles. The van der Waals surface area contributed by atoms with E-state index >= 15 is 0 Å². The number of likely N-dealkylation sites (tertiary alicyclic amines) is 1. The van der Waals surface area contributed by atoms with E-state index in [9.17, 15) is 14.3 Å². The van der Waals surface area contributed by atoms with Crippen molar-refractivity contribution in [2.45, 2.75) is 25.5 Å². The van der Waals surface area contributed by atoms with Gasteiger partial charge in [-0.3, -0.25) is 4.68 Å². The maximum absolute atomic E-state index is 13.0. The number of benzene rings is 1. The first-order chi connectivity index (χ1) is 12.0. The van der Waals surface area contributed by atoms with E-state index in [2.05, 4.69) is 10.4 Å². The van der Waals surface area contributed by atoms with Gasteiger partial charge in [0.1, 0.15) is 5.82 Å². The molecule has 7 heteroatoms. The molecule has 1 saturated heterocycles. The highest BCUT2D eigenvalue weighted by atomic mass is 19.1. The minimum Gasteiger partial charge on any atom is -0.388 e. The lowest BCUT2D eigenvalue weighted by atomic mass is 9.87. The Morgan fingerprint density at radius 1 is 1.36 bits per heavy atom. The van der Waals surface area contributed by atoms with Gasteiger partial charge in [0, 0.05) is 38.4 Å². The Hall–Kier alpha value is -2.41. The number of hydrogen-bond acceptors (Lipinski definition) is 3. The molecule has 2 heterocycles. The molecule has 2 amide bonds. The van der Waals surface area contributed by atoms with E-state index in [1.165, 1.54) is 12.1 Å². The van der Waals surface area contributed by atoms with Crippen molar-refractivity contribution in [2.75, 3.05) is 13.1 Å². The van der Waals surface area contributed by atoms with Crippen LogP contribution < -0.4 is 5.32 Å². The summed E-state index contributed by atoms with van der Waals surface area (Å²) in [6.07, 6.45) is 4.41. The Bertz CT molecular complexity index is 708. The summed E-state index contributed by atoms with van der Waals surface area (Å²) in [6, 6.07) is 5.86. The van der Waals surface area contributed by atoms with E-state index < -0.39 is 6.10 Å². The van der Waals surface area contributed by atoms with Crippen LogP contribution in [0.25, 0.3) is 0 Å². The summed E-state index contributed by atoms with van der Waals surface area (Å²) in [5.41, 5.74) is 1.68. The van der Waals surface area contributed by atoms with Gasteiger partial charge in [0.15, 0.2) is 0 Å². The first kappa shape index (κ1) is 17.4. The molecule has 1 unspecified atom stereocenters. The molecule has 1 fully saturated rings. The SMILES string of the molecule is Cn1cc(CNC(=O)N2CCC(C(O)c3ccc(F)cc3)CC2)cn1. The summed E-state index contributed by atoms with van der Waals surface area (Å²) in [4.78, 5) is 14.0. The van der Waals surface area contributed by atoms with E-state index in [-0.39, 0.29) is 17.8 Å². The number of nitrogens with one attached hydrogen (secondary N) is 1. The number of carbonyl (C=O) groups is 1. The molecule has 3 rings (SSSR count). The Labute approximate surface area is 146 Å². The average Bonchev–Trinajstić information content (AvgIpc) is 3.05. The number of aliphatic hydroxyl groups excluding tert-OH is 1. The van der Waals surface area contributed by atoms with Gasteiger partial charge in [-0.15, -0.1) is 0 Å². The van der Waals surface area contributed by atoms with Crippen LogP contribution in [0.4, 0.5) is 9.18 Å². The number of amides is 2. The second-order valence-electron chi connectivity index (χ2n) is 6.50. The van der Waals surface area contributed by atoms with E-state index in [1.54, 1.807) is 27.9 Å². The topological polar surface area (TPSA) is 70.4 Å². The standard InChI is InChI=1S/C18H23FN4O2/c1-22-12-13(11-21-22)10-20-18(25)23-8-6-15(7-9-23)17(24)14-2-4-16(19)5-3-14/h2-5,11-12,15,17,24H,6-10H2,1H3,(H,20,25). The summed E-state index contributed by atoms with van der Waals surface area (Å²) in [6.45, 7) is 1.65. The number of piperidine rings is 1. The smallest absolute Gasteiger partial charge is 0.317 e. The van der Waals surface area contributed by atoms with Gasteiger partial charge >= 0.3 is 6.03 Å². The number of rotatable bonds is 4. The molecular weight excluding hydrogens is 323 g/mol. The van der Waals surface area contributed by atoms with E-state index in [0.717, 1.165) is 24.0 Å². The first-order valence-corrected chi connectivity index (χ1v) is 8.47. The number of aryl methyl sites for hydroxylation is 1. The maximum atomic E-state index is 13.0. The molecule has 0 radical (unpaired) electrons. The van der Waals surface area contributed by atoms with Gasteiger partial charge in [-0.2, -0.15) is 5.10 Å². The molecule has 1 atom stereocenters. The Morgan fingerprint density at radius 3 is 2.64 bits per heavy atom. The molecule has 1 aliphatic heterocycles. The van der Waals surface area contributed by atoms with Crippen LogP contribution in [0.3, 0.4) is 0 Å². The lowest BCUT2D eigenvalue weighted by molar-refractivity contribution is 0.0664. The highest BCUT2D eigenvalue weighted by Crippen LogP contribution is 2.30. The highest BCUT2D eigenvalue weighted by Gasteiger charge is 2.28. The zero-order chi connectivity index (χ0) is 17.8. The number of carbonyl (C=O) groups excluding carboxylic acids is 1. The van der Waals surface area contributed by atoms with Crippen molar-refractivity contribution in [1.29, 1.82) is 0 Å². The van der Waals surface area contributed by atoms with Gasteiger partial charge in [-0.25, -0.2) is 9.18 Å². The van der Waals surface area contributed by atoms with Crippen LogP contribution in [-0.4, -0.2) is 38.9 Å². The fourth-order valence-electron chi connectivity index (χ4n) is 3.20. The van der Waals surface area contributed by atoms with Gasteiger partial charge < -0.3 is 15.3 Å². The normalized spacial score (nSPS) is 16.7. The van der Waals surface area contributed by atoms with Crippen LogP contribution in [0.5, 0.6) is 0 Å². The van der Waals surface area contributed by atoms with Crippen LogP contribution in [0.1, 0.15) is 30.1 Å². The lowest BCUT2D eigenvalue weighted by Gasteiger charge is -2.34. The quantitative estimate of drug-likeness (QED) is 0.892. The lowest BCUT2D eigenvalue weighted by Crippen LogP contribution is -2.44. The summed E-state index contributed by atoms with van der Waals surface area (Å²) >= 11 is 0. The van der Waals surface area contributed by atoms with Gasteiger partial charge in [0.05, 0.1) is 12.3 Å². The minimum atomic E-state index is -0.624. The van der Waals surface area contributed by atoms with Crippen molar-refractivity contribution in [3.63, 3.8) is 0 Å². The molecular formula is C18H23FN4O2. The molecule has 0 spiro atoms. The number of halogens is 1. The molecule has 0 bridgehead atoms. The van der Waals surface area contributed by atoms with Crippen LogP contribution in [0.15, 0.2) is 36.7 Å². The average molecular weight is 346 g/mol. The molecule has 1 aliphatic rings. The number of urea groups is 1. The monoisotopic (exact) mass is 346 g/mol. The molecule has 6 nitrogen and oxygen atoms in total. The van der Waals surface area contributed by atoms with Crippen molar-refractivity contribution in [2.24, 2.45) is 13.0 Å². The van der Waals surface area contributed by atoms with Crippen molar-refractivity contribution >= 4 is 6.03 Å².